The summed E-state index contributed by atoms with van der Waals surface area (Å²) in [5.74, 6) is -0.690. The first kappa shape index (κ1) is 14.5. The van der Waals surface area contributed by atoms with E-state index in [1.54, 1.807) is 12.3 Å². The van der Waals surface area contributed by atoms with Crippen molar-refractivity contribution in [2.75, 3.05) is 0 Å². The molecule has 2 unspecified atom stereocenters. The molecule has 0 aliphatic heterocycles. The van der Waals surface area contributed by atoms with E-state index < -0.39 is 11.8 Å². The molecule has 0 spiro atoms. The molecule has 1 fully saturated rings. The molecule has 0 saturated heterocycles. The number of carbonyl (C=O) groups excluding carboxylic acids is 2. The summed E-state index contributed by atoms with van der Waals surface area (Å²) in [5.41, 5.74) is 0.736. The number of nitrogens with one attached hydrogen (secondary N) is 2. The Kier molecular flexibility index (Phi) is 5.09. The first-order valence-electron chi connectivity index (χ1n) is 7.15. The van der Waals surface area contributed by atoms with Crippen molar-refractivity contribution < 1.29 is 9.59 Å². The fraction of sp³-hybridized carbons (Fsp3) is 0.533. The lowest BCUT2D eigenvalue weighted by Crippen LogP contribution is -2.47. The van der Waals surface area contributed by atoms with Gasteiger partial charge in [0.25, 0.3) is 0 Å². The van der Waals surface area contributed by atoms with E-state index in [-0.39, 0.29) is 12.6 Å². The number of carbonyl (C=O) groups is 2. The number of nitrogens with zero attached hydrogens (tertiary/aromatic N) is 1. The molecule has 5 heteroatoms. The molecule has 2 N–H and O–H groups in total. The molecule has 0 bridgehead atoms. The Morgan fingerprint density at radius 1 is 1.25 bits per heavy atom. The second-order valence-electron chi connectivity index (χ2n) is 5.35. The average molecular weight is 275 g/mol. The quantitative estimate of drug-likeness (QED) is 0.819. The van der Waals surface area contributed by atoms with Crippen LogP contribution in [0.3, 0.4) is 0 Å². The van der Waals surface area contributed by atoms with Gasteiger partial charge in [0.1, 0.15) is 0 Å². The predicted octanol–water partition coefficient (Wildman–Crippen LogP) is 1.39. The van der Waals surface area contributed by atoms with Gasteiger partial charge >= 0.3 is 11.8 Å². The molecular weight excluding hydrogens is 254 g/mol. The zero-order valence-electron chi connectivity index (χ0n) is 11.8. The van der Waals surface area contributed by atoms with Crippen molar-refractivity contribution in [3.8, 4) is 0 Å². The van der Waals surface area contributed by atoms with Crippen molar-refractivity contribution in [3.63, 3.8) is 0 Å². The number of aromatic nitrogens is 1. The fourth-order valence-electron chi connectivity index (χ4n) is 2.52. The molecule has 2 rings (SSSR count). The number of amides is 2. The molecule has 0 aromatic carbocycles. The molecule has 5 nitrogen and oxygen atoms in total. The van der Waals surface area contributed by atoms with Crippen LogP contribution in [0.4, 0.5) is 0 Å². The highest BCUT2D eigenvalue weighted by Crippen LogP contribution is 2.23. The van der Waals surface area contributed by atoms with Crippen molar-refractivity contribution in [3.05, 3.63) is 30.1 Å². The summed E-state index contributed by atoms with van der Waals surface area (Å²) in [5, 5.41) is 5.42. The highest BCUT2D eigenvalue weighted by molar-refractivity contribution is 6.35. The molecule has 1 saturated carbocycles. The third kappa shape index (κ3) is 4.05. The Morgan fingerprint density at radius 2 is 2.05 bits per heavy atom. The maximum absolute atomic E-state index is 11.8. The molecular formula is C15H21N3O2. The first-order valence-corrected chi connectivity index (χ1v) is 7.15. The number of pyridine rings is 1. The Morgan fingerprint density at radius 3 is 2.75 bits per heavy atom. The molecule has 1 aromatic rings. The van der Waals surface area contributed by atoms with Gasteiger partial charge in [-0.3, -0.25) is 14.6 Å². The summed E-state index contributed by atoms with van der Waals surface area (Å²) in [7, 11) is 0. The van der Waals surface area contributed by atoms with Crippen LogP contribution in [-0.2, 0) is 16.1 Å². The molecule has 1 aliphatic rings. The van der Waals surface area contributed by atoms with Gasteiger partial charge in [0.05, 0.1) is 12.2 Å². The van der Waals surface area contributed by atoms with Gasteiger partial charge in [0, 0.05) is 12.2 Å². The summed E-state index contributed by atoms with van der Waals surface area (Å²) in [4.78, 5) is 27.7. The molecule has 1 heterocycles. The summed E-state index contributed by atoms with van der Waals surface area (Å²) >= 11 is 0. The second kappa shape index (κ2) is 7.03. The second-order valence-corrected chi connectivity index (χ2v) is 5.35. The van der Waals surface area contributed by atoms with E-state index in [1.165, 1.54) is 6.42 Å². The van der Waals surface area contributed by atoms with E-state index in [0.29, 0.717) is 5.92 Å². The van der Waals surface area contributed by atoms with Crippen LogP contribution in [0.5, 0.6) is 0 Å². The lowest BCUT2D eigenvalue weighted by Gasteiger charge is -2.29. The Bertz CT molecular complexity index is 461. The minimum atomic E-state index is -0.589. The lowest BCUT2D eigenvalue weighted by molar-refractivity contribution is -0.140. The maximum Gasteiger partial charge on any atom is 0.309 e. The van der Waals surface area contributed by atoms with E-state index in [0.717, 1.165) is 25.0 Å². The molecule has 2 amide bonds. The van der Waals surface area contributed by atoms with Gasteiger partial charge in [-0.25, -0.2) is 0 Å². The van der Waals surface area contributed by atoms with Gasteiger partial charge in [0.15, 0.2) is 0 Å². The number of rotatable bonds is 3. The van der Waals surface area contributed by atoms with Gasteiger partial charge in [-0.15, -0.1) is 0 Å². The third-order valence-electron chi connectivity index (χ3n) is 3.79. The van der Waals surface area contributed by atoms with Crippen LogP contribution in [0.2, 0.25) is 0 Å². The normalized spacial score (nSPS) is 22.1. The van der Waals surface area contributed by atoms with E-state index in [4.69, 9.17) is 0 Å². The smallest absolute Gasteiger partial charge is 0.309 e. The van der Waals surface area contributed by atoms with Gasteiger partial charge in [-0.05, 0) is 30.9 Å². The SMILES string of the molecule is CC1CCCCC1NC(=O)C(=O)NCc1ccccn1. The monoisotopic (exact) mass is 275 g/mol. The fourth-order valence-corrected chi connectivity index (χ4v) is 2.52. The van der Waals surface area contributed by atoms with Crippen LogP contribution in [0.15, 0.2) is 24.4 Å². The van der Waals surface area contributed by atoms with Crippen LogP contribution < -0.4 is 10.6 Å². The molecule has 20 heavy (non-hydrogen) atoms. The van der Waals surface area contributed by atoms with Crippen LogP contribution in [0.1, 0.15) is 38.3 Å². The van der Waals surface area contributed by atoms with Gasteiger partial charge < -0.3 is 10.6 Å². The zero-order chi connectivity index (χ0) is 14.4. The number of hydrogen-bond acceptors (Lipinski definition) is 3. The van der Waals surface area contributed by atoms with Crippen LogP contribution in [-0.4, -0.2) is 22.8 Å². The van der Waals surface area contributed by atoms with Crippen molar-refractivity contribution in [2.45, 2.75) is 45.2 Å². The van der Waals surface area contributed by atoms with Crippen molar-refractivity contribution in [1.29, 1.82) is 0 Å². The van der Waals surface area contributed by atoms with E-state index in [9.17, 15) is 9.59 Å². The molecule has 1 aliphatic carbocycles. The third-order valence-corrected chi connectivity index (χ3v) is 3.79. The van der Waals surface area contributed by atoms with Crippen molar-refractivity contribution in [2.24, 2.45) is 5.92 Å². The molecule has 108 valence electrons. The Balaban J connectivity index is 1.78. The average Bonchev–Trinajstić information content (AvgIpc) is 2.48. The molecule has 2 atom stereocenters. The van der Waals surface area contributed by atoms with E-state index in [2.05, 4.69) is 22.5 Å². The topological polar surface area (TPSA) is 71.1 Å². The minimum absolute atomic E-state index is 0.122. The Labute approximate surface area is 119 Å². The summed E-state index contributed by atoms with van der Waals surface area (Å²) in [6, 6.07) is 5.58. The highest BCUT2D eigenvalue weighted by atomic mass is 16.2. The van der Waals surface area contributed by atoms with Crippen LogP contribution in [0, 0.1) is 5.92 Å². The van der Waals surface area contributed by atoms with Gasteiger partial charge in [0.2, 0.25) is 0 Å². The standard InChI is InChI=1S/C15H21N3O2/c1-11-6-2-3-8-13(11)18-15(20)14(19)17-10-12-7-4-5-9-16-12/h4-5,7,9,11,13H,2-3,6,8,10H2,1H3,(H,17,19)(H,18,20). The van der Waals surface area contributed by atoms with Crippen molar-refractivity contribution >= 4 is 11.8 Å². The maximum atomic E-state index is 11.8. The van der Waals surface area contributed by atoms with E-state index in [1.807, 2.05) is 12.1 Å². The summed E-state index contributed by atoms with van der Waals surface area (Å²) in [6.07, 6.45) is 6.05. The van der Waals surface area contributed by atoms with Gasteiger partial charge in [-0.1, -0.05) is 25.8 Å². The predicted molar refractivity (Wildman–Crippen MR) is 75.6 cm³/mol. The van der Waals surface area contributed by atoms with Gasteiger partial charge in [-0.2, -0.15) is 0 Å². The highest BCUT2D eigenvalue weighted by Gasteiger charge is 2.25. The molecule has 0 radical (unpaired) electrons. The lowest BCUT2D eigenvalue weighted by atomic mass is 9.86. The van der Waals surface area contributed by atoms with E-state index >= 15 is 0 Å². The first-order chi connectivity index (χ1) is 9.66. The van der Waals surface area contributed by atoms with Crippen LogP contribution >= 0.6 is 0 Å². The minimum Gasteiger partial charge on any atom is -0.345 e. The largest absolute Gasteiger partial charge is 0.345 e. The summed E-state index contributed by atoms with van der Waals surface area (Å²) in [6.45, 7) is 2.39. The van der Waals surface area contributed by atoms with Crippen molar-refractivity contribution in [1.82, 2.24) is 15.6 Å². The zero-order valence-corrected chi connectivity index (χ0v) is 11.8. The van der Waals surface area contributed by atoms with Crippen LogP contribution in [0.25, 0.3) is 0 Å². The Hall–Kier alpha value is -1.91. The number of hydrogen-bond donors (Lipinski definition) is 2. The molecule has 1 aromatic heterocycles. The summed E-state index contributed by atoms with van der Waals surface area (Å²) < 4.78 is 0.